The van der Waals surface area contributed by atoms with E-state index in [1.54, 1.807) is 4.90 Å². The Morgan fingerprint density at radius 2 is 1.86 bits per heavy atom. The molecule has 1 aromatic rings. The molecule has 3 atom stereocenters. The number of carbonyl (C=O) groups is 3. The molecule has 156 valence electrons. The lowest BCUT2D eigenvalue weighted by molar-refractivity contribution is -0.147. The average molecular weight is 398 g/mol. The Hall–Kier alpha value is -2.37. The minimum absolute atomic E-state index is 0.0178. The van der Waals surface area contributed by atoms with Gasteiger partial charge in [-0.3, -0.25) is 14.4 Å². The Labute approximate surface area is 172 Å². The van der Waals surface area contributed by atoms with E-state index in [0.29, 0.717) is 24.4 Å². The van der Waals surface area contributed by atoms with E-state index < -0.39 is 12.1 Å². The molecule has 3 fully saturated rings. The third-order valence-electron chi connectivity index (χ3n) is 6.75. The van der Waals surface area contributed by atoms with Crippen LogP contribution in [-0.2, 0) is 16.0 Å². The molecule has 1 aromatic carbocycles. The zero-order valence-electron chi connectivity index (χ0n) is 17.2. The van der Waals surface area contributed by atoms with Gasteiger partial charge in [0.1, 0.15) is 12.1 Å². The summed E-state index contributed by atoms with van der Waals surface area (Å²) in [6.45, 7) is 2.49. The van der Waals surface area contributed by atoms with Gasteiger partial charge in [0.15, 0.2) is 0 Å². The molecule has 0 radical (unpaired) electrons. The molecule has 29 heavy (non-hydrogen) atoms. The Balaban J connectivity index is 1.37. The van der Waals surface area contributed by atoms with E-state index >= 15 is 0 Å². The van der Waals surface area contributed by atoms with Crippen LogP contribution in [0.15, 0.2) is 24.3 Å². The lowest BCUT2D eigenvalue weighted by Crippen LogP contribution is -2.61. The third kappa shape index (κ3) is 4.31. The van der Waals surface area contributed by atoms with Crippen molar-refractivity contribution in [2.45, 2.75) is 76.4 Å². The Bertz CT molecular complexity index is 770. The van der Waals surface area contributed by atoms with Crippen molar-refractivity contribution in [3.8, 4) is 0 Å². The van der Waals surface area contributed by atoms with Gasteiger partial charge >= 0.3 is 0 Å². The Kier molecular flexibility index (Phi) is 5.88. The van der Waals surface area contributed by atoms with Gasteiger partial charge in [-0.05, 0) is 42.9 Å². The van der Waals surface area contributed by atoms with Gasteiger partial charge in [-0.1, -0.05) is 51.2 Å². The smallest absolute Gasteiger partial charge is 0.251 e. The summed E-state index contributed by atoms with van der Waals surface area (Å²) >= 11 is 0. The lowest BCUT2D eigenvalue weighted by atomic mass is 9.84. The second kappa shape index (κ2) is 8.56. The van der Waals surface area contributed by atoms with Crippen molar-refractivity contribution < 1.29 is 14.4 Å². The quantitative estimate of drug-likeness (QED) is 0.801. The van der Waals surface area contributed by atoms with Crippen LogP contribution in [0, 0.1) is 5.92 Å². The zero-order chi connectivity index (χ0) is 20.4. The SMILES string of the molecule is CCc1ccc(C(=O)N[C@H]2C[C@H]3C(=O)N[C@@H](CC4CCCCC4)C(=O)N3C2)cc1. The lowest BCUT2D eigenvalue weighted by Gasteiger charge is -2.36. The number of benzene rings is 1. The molecule has 2 N–H and O–H groups in total. The van der Waals surface area contributed by atoms with Crippen LogP contribution in [0.1, 0.15) is 67.8 Å². The number of nitrogens with zero attached hydrogens (tertiary/aromatic N) is 1. The number of carbonyl (C=O) groups excluding carboxylic acids is 3. The summed E-state index contributed by atoms with van der Waals surface area (Å²) in [6, 6.07) is 6.51. The summed E-state index contributed by atoms with van der Waals surface area (Å²) in [6.07, 6.45) is 8.18. The molecule has 0 spiro atoms. The van der Waals surface area contributed by atoms with E-state index in [1.165, 1.54) is 24.8 Å². The number of nitrogens with one attached hydrogen (secondary N) is 2. The van der Waals surface area contributed by atoms with Gasteiger partial charge in [-0.15, -0.1) is 0 Å². The summed E-state index contributed by atoms with van der Waals surface area (Å²) in [5, 5.41) is 5.97. The van der Waals surface area contributed by atoms with Crippen LogP contribution in [0.25, 0.3) is 0 Å². The number of amides is 3. The highest BCUT2D eigenvalue weighted by Gasteiger charge is 2.47. The van der Waals surface area contributed by atoms with Crippen molar-refractivity contribution >= 4 is 17.7 Å². The number of aryl methyl sites for hydroxylation is 1. The van der Waals surface area contributed by atoms with E-state index in [2.05, 4.69) is 17.6 Å². The van der Waals surface area contributed by atoms with Gasteiger partial charge in [0.2, 0.25) is 11.8 Å². The van der Waals surface area contributed by atoms with Gasteiger partial charge in [0.05, 0.1) is 0 Å². The second-order valence-corrected chi connectivity index (χ2v) is 8.76. The van der Waals surface area contributed by atoms with Crippen LogP contribution in [0.3, 0.4) is 0 Å². The van der Waals surface area contributed by atoms with E-state index in [0.717, 1.165) is 25.7 Å². The molecule has 2 aliphatic heterocycles. The maximum Gasteiger partial charge on any atom is 0.251 e. The first kappa shape index (κ1) is 19.9. The topological polar surface area (TPSA) is 78.5 Å². The maximum atomic E-state index is 13.0. The second-order valence-electron chi connectivity index (χ2n) is 8.76. The summed E-state index contributed by atoms with van der Waals surface area (Å²) in [7, 11) is 0. The van der Waals surface area contributed by atoms with Crippen LogP contribution in [0.5, 0.6) is 0 Å². The Morgan fingerprint density at radius 3 is 2.55 bits per heavy atom. The van der Waals surface area contributed by atoms with Crippen LogP contribution in [0.4, 0.5) is 0 Å². The number of piperazine rings is 1. The molecule has 1 saturated carbocycles. The summed E-state index contributed by atoms with van der Waals surface area (Å²) in [5.74, 6) is 0.321. The average Bonchev–Trinajstić information content (AvgIpc) is 3.17. The maximum absolute atomic E-state index is 13.0. The van der Waals surface area contributed by atoms with Gasteiger partial charge in [-0.25, -0.2) is 0 Å². The van der Waals surface area contributed by atoms with E-state index in [9.17, 15) is 14.4 Å². The highest BCUT2D eigenvalue weighted by Crippen LogP contribution is 2.30. The largest absolute Gasteiger partial charge is 0.347 e. The van der Waals surface area contributed by atoms with Crippen molar-refractivity contribution in [2.24, 2.45) is 5.92 Å². The molecule has 3 aliphatic rings. The molecule has 6 nitrogen and oxygen atoms in total. The molecule has 2 saturated heterocycles. The van der Waals surface area contributed by atoms with Crippen LogP contribution >= 0.6 is 0 Å². The van der Waals surface area contributed by atoms with E-state index in [4.69, 9.17) is 0 Å². The first-order valence-electron chi connectivity index (χ1n) is 11.1. The molecule has 0 bridgehead atoms. The summed E-state index contributed by atoms with van der Waals surface area (Å²) in [4.78, 5) is 39.9. The molecule has 4 rings (SSSR count). The predicted molar refractivity (Wildman–Crippen MR) is 110 cm³/mol. The number of hydrogen-bond acceptors (Lipinski definition) is 3. The van der Waals surface area contributed by atoms with Crippen LogP contribution in [-0.4, -0.2) is 47.3 Å². The van der Waals surface area contributed by atoms with Crippen molar-refractivity contribution in [3.05, 3.63) is 35.4 Å². The van der Waals surface area contributed by atoms with Gasteiger partial charge in [0.25, 0.3) is 5.91 Å². The molecule has 1 aliphatic carbocycles. The van der Waals surface area contributed by atoms with Gasteiger partial charge < -0.3 is 15.5 Å². The molecule has 3 amide bonds. The Morgan fingerprint density at radius 1 is 1.14 bits per heavy atom. The van der Waals surface area contributed by atoms with Gasteiger partial charge in [0, 0.05) is 18.2 Å². The molecule has 0 aromatic heterocycles. The molecular weight excluding hydrogens is 366 g/mol. The first-order chi connectivity index (χ1) is 14.0. The zero-order valence-corrected chi connectivity index (χ0v) is 17.2. The standard InChI is InChI=1S/C23H31N3O3/c1-2-15-8-10-17(11-9-15)21(27)24-18-13-20-22(28)25-19(23(29)26(20)14-18)12-16-6-4-3-5-7-16/h8-11,16,18-20H,2-7,12-14H2,1H3,(H,24,27)(H,25,28)/t18-,19-,20-/m0/s1. The third-order valence-corrected chi connectivity index (χ3v) is 6.75. The fraction of sp³-hybridized carbons (Fsp3) is 0.609. The van der Waals surface area contributed by atoms with Gasteiger partial charge in [-0.2, -0.15) is 0 Å². The number of rotatable bonds is 5. The van der Waals surface area contributed by atoms with E-state index in [1.807, 2.05) is 24.3 Å². The molecule has 0 unspecified atom stereocenters. The summed E-state index contributed by atoms with van der Waals surface area (Å²) < 4.78 is 0. The van der Waals surface area contributed by atoms with Crippen molar-refractivity contribution in [2.75, 3.05) is 6.54 Å². The highest BCUT2D eigenvalue weighted by molar-refractivity contribution is 5.98. The van der Waals surface area contributed by atoms with Crippen molar-refractivity contribution in [1.29, 1.82) is 0 Å². The monoisotopic (exact) mass is 397 g/mol. The fourth-order valence-electron chi connectivity index (χ4n) is 5.04. The normalized spacial score (nSPS) is 27.5. The molecule has 2 heterocycles. The minimum atomic E-state index is -0.460. The van der Waals surface area contributed by atoms with E-state index in [-0.39, 0.29) is 23.8 Å². The summed E-state index contributed by atoms with van der Waals surface area (Å²) in [5.41, 5.74) is 1.80. The molecule has 6 heteroatoms. The predicted octanol–water partition coefficient (Wildman–Crippen LogP) is 2.42. The van der Waals surface area contributed by atoms with Crippen LogP contribution in [0.2, 0.25) is 0 Å². The first-order valence-corrected chi connectivity index (χ1v) is 11.1. The van der Waals surface area contributed by atoms with Crippen molar-refractivity contribution in [1.82, 2.24) is 15.5 Å². The number of fused-ring (bicyclic) bond motifs is 1. The molecular formula is C23H31N3O3. The highest BCUT2D eigenvalue weighted by atomic mass is 16.2. The van der Waals surface area contributed by atoms with Crippen LogP contribution < -0.4 is 10.6 Å². The minimum Gasteiger partial charge on any atom is -0.347 e. The van der Waals surface area contributed by atoms with Crippen molar-refractivity contribution in [3.63, 3.8) is 0 Å². The fourth-order valence-corrected chi connectivity index (χ4v) is 5.04. The number of hydrogen-bond donors (Lipinski definition) is 2.